The third-order valence-corrected chi connectivity index (χ3v) is 5.68. The van der Waals surface area contributed by atoms with E-state index in [1.54, 1.807) is 18.2 Å². The molecule has 3 N–H and O–H groups in total. The zero-order valence-corrected chi connectivity index (χ0v) is 17.4. The van der Waals surface area contributed by atoms with Gasteiger partial charge in [-0.3, -0.25) is 4.79 Å². The second-order valence-corrected chi connectivity index (χ2v) is 7.56. The summed E-state index contributed by atoms with van der Waals surface area (Å²) in [5.41, 5.74) is 2.49. The van der Waals surface area contributed by atoms with Gasteiger partial charge in [-0.1, -0.05) is 20.3 Å². The lowest BCUT2D eigenvalue weighted by Crippen LogP contribution is -2.31. The highest BCUT2D eigenvalue weighted by atomic mass is 16.3. The van der Waals surface area contributed by atoms with Crippen molar-refractivity contribution >= 4 is 17.6 Å². The number of hydrogen-bond acceptors (Lipinski definition) is 4. The maximum absolute atomic E-state index is 12.5. The van der Waals surface area contributed by atoms with Gasteiger partial charge in [-0.2, -0.15) is 9.78 Å². The zero-order chi connectivity index (χ0) is 21.0. The maximum Gasteiger partial charge on any atom is 0.342 e. The Morgan fingerprint density at radius 1 is 1.21 bits per heavy atom. The van der Waals surface area contributed by atoms with Gasteiger partial charge in [-0.05, 0) is 56.9 Å². The molecule has 1 aliphatic carbocycles. The van der Waals surface area contributed by atoms with Crippen LogP contribution in [0.3, 0.4) is 0 Å². The molecule has 1 saturated carbocycles. The van der Waals surface area contributed by atoms with Crippen molar-refractivity contribution in [3.8, 4) is 17.0 Å². The van der Waals surface area contributed by atoms with Crippen LogP contribution in [0.15, 0.2) is 24.3 Å². The molecule has 29 heavy (non-hydrogen) atoms. The Hall–Kier alpha value is -2.83. The van der Waals surface area contributed by atoms with Crippen LogP contribution in [0.2, 0.25) is 0 Å². The van der Waals surface area contributed by atoms with Crippen molar-refractivity contribution in [3.05, 3.63) is 30.0 Å². The Labute approximate surface area is 171 Å². The van der Waals surface area contributed by atoms with Gasteiger partial charge < -0.3 is 15.7 Å². The molecular formula is C22H30N4O3. The Balaban J connectivity index is 1.93. The van der Waals surface area contributed by atoms with E-state index in [1.165, 1.54) is 4.68 Å². The first-order valence-corrected chi connectivity index (χ1v) is 10.5. The monoisotopic (exact) mass is 398 g/mol. The topological polar surface area (TPSA) is 96.3 Å². The zero-order valence-electron chi connectivity index (χ0n) is 17.4. The molecule has 0 bridgehead atoms. The number of anilines is 1. The van der Waals surface area contributed by atoms with Crippen LogP contribution in [0.4, 0.5) is 10.5 Å². The van der Waals surface area contributed by atoms with Crippen LogP contribution >= 0.6 is 0 Å². The van der Waals surface area contributed by atoms with Crippen molar-refractivity contribution in [2.75, 3.05) is 11.9 Å². The number of aromatic hydroxyl groups is 1. The van der Waals surface area contributed by atoms with Gasteiger partial charge in [0.2, 0.25) is 5.91 Å². The smallest absolute Gasteiger partial charge is 0.342 e. The number of carbonyl (C=O) groups excluding carboxylic acids is 2. The number of hydrogen-bond donors (Lipinski definition) is 3. The molecule has 156 valence electrons. The highest BCUT2D eigenvalue weighted by Crippen LogP contribution is 2.39. The average Bonchev–Trinajstić information content (AvgIpc) is 3.07. The first-order chi connectivity index (χ1) is 14.0. The largest absolute Gasteiger partial charge is 0.507 e. The quantitative estimate of drug-likeness (QED) is 0.599. The molecule has 0 radical (unpaired) electrons. The van der Waals surface area contributed by atoms with E-state index in [2.05, 4.69) is 15.7 Å². The SMILES string of the molecule is CCNC(=O)n1nc(-c2cc(NC(=O)C(CC)CC)ccc2O)cc1C1CCC1. The molecule has 0 saturated heterocycles. The van der Waals surface area contributed by atoms with Crippen molar-refractivity contribution in [2.45, 2.75) is 58.8 Å². The van der Waals surface area contributed by atoms with E-state index in [0.29, 0.717) is 29.4 Å². The number of amides is 2. The summed E-state index contributed by atoms with van der Waals surface area (Å²) in [7, 11) is 0. The summed E-state index contributed by atoms with van der Waals surface area (Å²) in [6.07, 6.45) is 4.75. The lowest BCUT2D eigenvalue weighted by molar-refractivity contribution is -0.120. The molecule has 1 aliphatic rings. The number of phenols is 1. The molecule has 3 rings (SSSR count). The Bertz CT molecular complexity index is 882. The van der Waals surface area contributed by atoms with Gasteiger partial charge in [0.1, 0.15) is 5.75 Å². The second kappa shape index (κ2) is 9.11. The first kappa shape index (κ1) is 20.9. The van der Waals surface area contributed by atoms with Gasteiger partial charge in [0.25, 0.3) is 0 Å². The third kappa shape index (κ3) is 4.44. The minimum atomic E-state index is -0.265. The fourth-order valence-corrected chi connectivity index (χ4v) is 3.63. The molecule has 7 heteroatoms. The Morgan fingerprint density at radius 3 is 2.52 bits per heavy atom. The standard InChI is InChI=1S/C22H30N4O3/c1-4-14(5-2)21(28)24-16-10-11-20(27)17(12-16)18-13-19(15-8-7-9-15)26(25-18)22(29)23-6-3/h10-15,27H,4-9H2,1-3H3,(H,23,29)(H,24,28). The van der Waals surface area contributed by atoms with Crippen LogP contribution in [0.25, 0.3) is 11.3 Å². The van der Waals surface area contributed by atoms with Crippen molar-refractivity contribution in [2.24, 2.45) is 5.92 Å². The Kier molecular flexibility index (Phi) is 6.56. The van der Waals surface area contributed by atoms with Gasteiger partial charge in [-0.15, -0.1) is 0 Å². The summed E-state index contributed by atoms with van der Waals surface area (Å²) in [6, 6.07) is 6.54. The first-order valence-electron chi connectivity index (χ1n) is 10.5. The van der Waals surface area contributed by atoms with Crippen LogP contribution in [-0.2, 0) is 4.79 Å². The summed E-state index contributed by atoms with van der Waals surface area (Å²) < 4.78 is 1.41. The van der Waals surface area contributed by atoms with Crippen LogP contribution in [0.1, 0.15) is 64.5 Å². The molecule has 0 spiro atoms. The third-order valence-electron chi connectivity index (χ3n) is 5.68. The molecule has 1 aromatic heterocycles. The number of nitrogens with one attached hydrogen (secondary N) is 2. The molecule has 0 unspecified atom stereocenters. The van der Waals surface area contributed by atoms with Crippen LogP contribution in [0, 0.1) is 5.92 Å². The summed E-state index contributed by atoms with van der Waals surface area (Å²) in [5, 5.41) is 20.6. The fourth-order valence-electron chi connectivity index (χ4n) is 3.63. The molecule has 1 aromatic carbocycles. The highest BCUT2D eigenvalue weighted by molar-refractivity contribution is 5.93. The van der Waals surface area contributed by atoms with E-state index in [9.17, 15) is 14.7 Å². The van der Waals surface area contributed by atoms with Crippen LogP contribution < -0.4 is 10.6 Å². The van der Waals surface area contributed by atoms with E-state index in [0.717, 1.165) is 37.8 Å². The molecule has 2 amide bonds. The minimum absolute atomic E-state index is 0.0327. The number of benzene rings is 1. The van der Waals surface area contributed by atoms with Gasteiger partial charge in [0.05, 0.1) is 11.4 Å². The lowest BCUT2D eigenvalue weighted by Gasteiger charge is -2.25. The van der Waals surface area contributed by atoms with E-state index >= 15 is 0 Å². The Morgan fingerprint density at radius 2 is 1.93 bits per heavy atom. The summed E-state index contributed by atoms with van der Waals surface area (Å²) >= 11 is 0. The normalized spacial score (nSPS) is 13.9. The number of aromatic nitrogens is 2. The van der Waals surface area contributed by atoms with Crippen molar-refractivity contribution in [1.82, 2.24) is 15.1 Å². The maximum atomic E-state index is 12.5. The van der Waals surface area contributed by atoms with E-state index in [1.807, 2.05) is 26.8 Å². The number of carbonyl (C=O) groups is 2. The average molecular weight is 399 g/mol. The van der Waals surface area contributed by atoms with E-state index in [4.69, 9.17) is 0 Å². The lowest BCUT2D eigenvalue weighted by atomic mass is 9.82. The van der Waals surface area contributed by atoms with Crippen molar-refractivity contribution in [1.29, 1.82) is 0 Å². The van der Waals surface area contributed by atoms with Gasteiger partial charge in [0, 0.05) is 29.6 Å². The summed E-state index contributed by atoms with van der Waals surface area (Å²) in [6.45, 7) is 6.36. The minimum Gasteiger partial charge on any atom is -0.507 e. The molecular weight excluding hydrogens is 368 g/mol. The summed E-state index contributed by atoms with van der Waals surface area (Å²) in [5.74, 6) is 0.286. The van der Waals surface area contributed by atoms with Gasteiger partial charge in [-0.25, -0.2) is 4.79 Å². The fraction of sp³-hybridized carbons (Fsp3) is 0.500. The number of phenolic OH excluding ortho intramolecular Hbond substituents is 1. The second-order valence-electron chi connectivity index (χ2n) is 7.56. The van der Waals surface area contributed by atoms with Crippen molar-refractivity contribution in [3.63, 3.8) is 0 Å². The van der Waals surface area contributed by atoms with Crippen molar-refractivity contribution < 1.29 is 14.7 Å². The number of nitrogens with zero attached hydrogens (tertiary/aromatic N) is 2. The molecule has 7 nitrogen and oxygen atoms in total. The van der Waals surface area contributed by atoms with Gasteiger partial charge >= 0.3 is 6.03 Å². The van der Waals surface area contributed by atoms with Crippen LogP contribution in [-0.4, -0.2) is 33.4 Å². The highest BCUT2D eigenvalue weighted by Gasteiger charge is 2.27. The van der Waals surface area contributed by atoms with Crippen LogP contribution in [0.5, 0.6) is 5.75 Å². The predicted octanol–water partition coefficient (Wildman–Crippen LogP) is 4.48. The molecule has 2 aromatic rings. The number of rotatable bonds is 7. The predicted molar refractivity (Wildman–Crippen MR) is 113 cm³/mol. The summed E-state index contributed by atoms with van der Waals surface area (Å²) in [4.78, 5) is 24.9. The molecule has 1 fully saturated rings. The van der Waals surface area contributed by atoms with E-state index in [-0.39, 0.29) is 23.6 Å². The molecule has 0 atom stereocenters. The van der Waals surface area contributed by atoms with Gasteiger partial charge in [0.15, 0.2) is 0 Å². The molecule has 1 heterocycles. The van der Waals surface area contributed by atoms with E-state index < -0.39 is 0 Å². The molecule has 0 aliphatic heterocycles.